The second-order valence-corrected chi connectivity index (χ2v) is 4.94. The van der Waals surface area contributed by atoms with Crippen molar-refractivity contribution in [3.8, 4) is 5.69 Å². The van der Waals surface area contributed by atoms with E-state index in [1.807, 2.05) is 19.9 Å². The number of aromatic nitrogens is 2. The van der Waals surface area contributed by atoms with Crippen molar-refractivity contribution < 1.29 is 14.7 Å². The molecule has 0 aliphatic heterocycles. The molecule has 1 N–H and O–H groups in total. The van der Waals surface area contributed by atoms with Gasteiger partial charge in [0.05, 0.1) is 11.4 Å². The summed E-state index contributed by atoms with van der Waals surface area (Å²) in [5, 5.41) is 13.1. The Morgan fingerprint density at radius 1 is 1.24 bits per heavy atom. The third kappa shape index (κ3) is 3.28. The molecule has 6 heteroatoms. The van der Waals surface area contributed by atoms with Gasteiger partial charge in [-0.05, 0) is 44.2 Å². The van der Waals surface area contributed by atoms with Crippen LogP contribution in [-0.2, 0) is 4.79 Å². The zero-order valence-corrected chi connectivity index (χ0v) is 12.2. The van der Waals surface area contributed by atoms with Crippen molar-refractivity contribution >= 4 is 11.9 Å². The summed E-state index contributed by atoms with van der Waals surface area (Å²) in [6, 6.07) is 8.90. The van der Waals surface area contributed by atoms with Crippen molar-refractivity contribution in [2.75, 3.05) is 13.6 Å². The molecule has 0 saturated heterocycles. The Labute approximate surface area is 122 Å². The summed E-state index contributed by atoms with van der Waals surface area (Å²) in [4.78, 5) is 23.8. The first kappa shape index (κ1) is 14.8. The van der Waals surface area contributed by atoms with Crippen LogP contribution in [-0.4, -0.2) is 45.3 Å². The third-order valence-electron chi connectivity index (χ3n) is 3.09. The monoisotopic (exact) mass is 287 g/mol. The van der Waals surface area contributed by atoms with Crippen LogP contribution in [0.1, 0.15) is 21.7 Å². The van der Waals surface area contributed by atoms with Gasteiger partial charge in [0, 0.05) is 18.3 Å². The van der Waals surface area contributed by atoms with Crippen LogP contribution in [0, 0.1) is 13.8 Å². The molecule has 21 heavy (non-hydrogen) atoms. The lowest BCUT2D eigenvalue weighted by atomic mass is 10.2. The fourth-order valence-corrected chi connectivity index (χ4v) is 2.13. The number of carboxylic acid groups (broad SMARTS) is 1. The van der Waals surface area contributed by atoms with E-state index in [2.05, 4.69) is 5.10 Å². The maximum atomic E-state index is 12.0. The van der Waals surface area contributed by atoms with E-state index in [1.165, 1.54) is 11.9 Å². The van der Waals surface area contributed by atoms with Gasteiger partial charge < -0.3 is 10.0 Å². The first-order valence-corrected chi connectivity index (χ1v) is 6.49. The normalized spacial score (nSPS) is 10.4. The number of nitrogens with zero attached hydrogens (tertiary/aromatic N) is 3. The molecule has 0 fully saturated rings. The topological polar surface area (TPSA) is 75.4 Å². The first-order valence-electron chi connectivity index (χ1n) is 6.49. The summed E-state index contributed by atoms with van der Waals surface area (Å²) in [6.07, 6.45) is 0. The van der Waals surface area contributed by atoms with Crippen molar-refractivity contribution in [3.63, 3.8) is 0 Å². The number of hydrogen-bond acceptors (Lipinski definition) is 3. The maximum absolute atomic E-state index is 12.0. The van der Waals surface area contributed by atoms with Crippen molar-refractivity contribution in [2.24, 2.45) is 0 Å². The predicted molar refractivity (Wildman–Crippen MR) is 77.6 cm³/mol. The van der Waals surface area contributed by atoms with Gasteiger partial charge in [0.25, 0.3) is 5.91 Å². The Bertz CT molecular complexity index is 674. The molecule has 0 aliphatic carbocycles. The summed E-state index contributed by atoms with van der Waals surface area (Å²) in [7, 11) is 1.46. The molecule has 2 aromatic rings. The van der Waals surface area contributed by atoms with Crippen LogP contribution < -0.4 is 0 Å². The number of hydrogen-bond donors (Lipinski definition) is 1. The molecule has 1 aromatic heterocycles. The number of aliphatic carboxylic acids is 1. The number of amides is 1. The van der Waals surface area contributed by atoms with Gasteiger partial charge >= 0.3 is 5.97 Å². The van der Waals surface area contributed by atoms with Crippen molar-refractivity contribution in [1.29, 1.82) is 0 Å². The summed E-state index contributed by atoms with van der Waals surface area (Å²) in [6.45, 7) is 3.56. The van der Waals surface area contributed by atoms with Crippen LogP contribution in [0.4, 0.5) is 0 Å². The van der Waals surface area contributed by atoms with E-state index in [-0.39, 0.29) is 12.5 Å². The van der Waals surface area contributed by atoms with Gasteiger partial charge in [-0.15, -0.1) is 0 Å². The number of aryl methyl sites for hydroxylation is 2. The number of carboxylic acids is 1. The van der Waals surface area contributed by atoms with E-state index in [1.54, 1.807) is 28.9 Å². The molecule has 0 saturated carbocycles. The Morgan fingerprint density at radius 3 is 2.33 bits per heavy atom. The van der Waals surface area contributed by atoms with Crippen molar-refractivity contribution in [3.05, 3.63) is 47.3 Å². The van der Waals surface area contributed by atoms with Gasteiger partial charge in [-0.2, -0.15) is 5.10 Å². The van der Waals surface area contributed by atoms with Crippen LogP contribution in [0.5, 0.6) is 0 Å². The summed E-state index contributed by atoms with van der Waals surface area (Å²) in [5.41, 5.74) is 3.24. The van der Waals surface area contributed by atoms with E-state index < -0.39 is 5.97 Å². The van der Waals surface area contributed by atoms with E-state index in [4.69, 9.17) is 5.11 Å². The van der Waals surface area contributed by atoms with Crippen LogP contribution in [0.2, 0.25) is 0 Å². The molecule has 1 amide bonds. The Morgan fingerprint density at radius 2 is 1.86 bits per heavy atom. The minimum atomic E-state index is -1.04. The van der Waals surface area contributed by atoms with Gasteiger partial charge in [-0.25, -0.2) is 4.68 Å². The summed E-state index contributed by atoms with van der Waals surface area (Å²) < 4.78 is 1.80. The molecular formula is C15H17N3O3. The van der Waals surface area contributed by atoms with Crippen LogP contribution in [0.25, 0.3) is 5.69 Å². The molecule has 110 valence electrons. The molecule has 0 atom stereocenters. The molecule has 0 bridgehead atoms. The zero-order chi connectivity index (χ0) is 15.6. The fourth-order valence-electron chi connectivity index (χ4n) is 2.13. The molecule has 6 nitrogen and oxygen atoms in total. The highest BCUT2D eigenvalue weighted by Gasteiger charge is 2.14. The Balaban J connectivity index is 2.21. The lowest BCUT2D eigenvalue weighted by molar-refractivity contribution is -0.137. The standard InChI is InChI=1S/C15H17N3O3/c1-10-8-11(2)18(16-10)13-6-4-12(5-7-13)15(21)17(3)9-14(19)20/h4-8H,9H2,1-3H3,(H,19,20). The lowest BCUT2D eigenvalue weighted by Gasteiger charge is -2.14. The van der Waals surface area contributed by atoms with Gasteiger partial charge in [0.1, 0.15) is 6.54 Å². The summed E-state index contributed by atoms with van der Waals surface area (Å²) in [5.74, 6) is -1.36. The molecule has 0 radical (unpaired) electrons. The number of carbonyl (C=O) groups excluding carboxylic acids is 1. The SMILES string of the molecule is Cc1cc(C)n(-c2ccc(C(=O)N(C)CC(=O)O)cc2)n1. The number of benzene rings is 1. The molecular weight excluding hydrogens is 270 g/mol. The van der Waals surface area contributed by atoms with Crippen molar-refractivity contribution in [1.82, 2.24) is 14.7 Å². The summed E-state index contributed by atoms with van der Waals surface area (Å²) >= 11 is 0. The van der Waals surface area contributed by atoms with Gasteiger partial charge in [-0.3, -0.25) is 9.59 Å². The van der Waals surface area contributed by atoms with Crippen LogP contribution >= 0.6 is 0 Å². The highest BCUT2D eigenvalue weighted by atomic mass is 16.4. The molecule has 1 aromatic carbocycles. The lowest BCUT2D eigenvalue weighted by Crippen LogP contribution is -2.31. The van der Waals surface area contributed by atoms with Crippen LogP contribution in [0.3, 0.4) is 0 Å². The second-order valence-electron chi connectivity index (χ2n) is 4.94. The highest BCUT2D eigenvalue weighted by molar-refractivity contribution is 5.95. The average molecular weight is 287 g/mol. The van der Waals surface area contributed by atoms with Gasteiger partial charge in [0.15, 0.2) is 0 Å². The fraction of sp³-hybridized carbons (Fsp3) is 0.267. The van der Waals surface area contributed by atoms with E-state index in [0.29, 0.717) is 5.56 Å². The van der Waals surface area contributed by atoms with E-state index >= 15 is 0 Å². The van der Waals surface area contributed by atoms with Gasteiger partial charge in [-0.1, -0.05) is 0 Å². The molecule has 1 heterocycles. The zero-order valence-electron chi connectivity index (χ0n) is 12.2. The first-order chi connectivity index (χ1) is 9.88. The Kier molecular flexibility index (Phi) is 4.07. The predicted octanol–water partition coefficient (Wildman–Crippen LogP) is 1.65. The van der Waals surface area contributed by atoms with Crippen molar-refractivity contribution in [2.45, 2.75) is 13.8 Å². The molecule has 0 spiro atoms. The third-order valence-corrected chi connectivity index (χ3v) is 3.09. The quantitative estimate of drug-likeness (QED) is 0.927. The number of carbonyl (C=O) groups is 2. The Hall–Kier alpha value is -2.63. The highest BCUT2D eigenvalue weighted by Crippen LogP contribution is 2.14. The smallest absolute Gasteiger partial charge is 0.323 e. The van der Waals surface area contributed by atoms with Gasteiger partial charge in [0.2, 0.25) is 0 Å². The maximum Gasteiger partial charge on any atom is 0.323 e. The largest absolute Gasteiger partial charge is 0.480 e. The number of rotatable bonds is 4. The minimum absolute atomic E-state index is 0.321. The molecule has 0 aliphatic rings. The van der Waals surface area contributed by atoms with Crippen LogP contribution in [0.15, 0.2) is 30.3 Å². The van der Waals surface area contributed by atoms with E-state index in [9.17, 15) is 9.59 Å². The molecule has 0 unspecified atom stereocenters. The van der Waals surface area contributed by atoms with E-state index in [0.717, 1.165) is 17.1 Å². The minimum Gasteiger partial charge on any atom is -0.480 e. The number of likely N-dealkylation sites (N-methyl/N-ethyl adjacent to an activating group) is 1. The average Bonchev–Trinajstić information content (AvgIpc) is 2.76. The molecule has 2 rings (SSSR count). The second kappa shape index (κ2) is 5.78.